The van der Waals surface area contributed by atoms with E-state index >= 15 is 0 Å². The highest BCUT2D eigenvalue weighted by Gasteiger charge is 2.39. The minimum absolute atomic E-state index is 0.160. The second-order valence-corrected chi connectivity index (χ2v) is 12.2. The van der Waals surface area contributed by atoms with Gasteiger partial charge in [-0.2, -0.15) is 0 Å². The molecule has 0 amide bonds. The monoisotopic (exact) mass is 563 g/mol. The first-order valence-electron chi connectivity index (χ1n) is 15.4. The number of fused-ring (bicyclic) bond motifs is 4. The van der Waals surface area contributed by atoms with Crippen LogP contribution in [0.2, 0.25) is 0 Å². The average molecular weight is 564 g/mol. The summed E-state index contributed by atoms with van der Waals surface area (Å²) in [5.41, 5.74) is 13.7. The molecule has 0 fully saturated rings. The molecule has 0 bridgehead atoms. The van der Waals surface area contributed by atoms with E-state index in [1.807, 2.05) is 0 Å². The lowest BCUT2D eigenvalue weighted by Crippen LogP contribution is -2.20. The van der Waals surface area contributed by atoms with Crippen molar-refractivity contribution in [3.05, 3.63) is 175 Å². The molecule has 1 aliphatic rings. The fraction of sp³-hybridized carbons (Fsp3) is 0.0698. The fourth-order valence-corrected chi connectivity index (χ4v) is 7.12. The number of hydrogen-bond donors (Lipinski definition) is 0. The number of nitrogens with zero attached hydrogens (tertiary/aromatic N) is 1. The molecule has 1 heteroatoms. The molecule has 210 valence electrons. The Morgan fingerprint density at radius 2 is 0.932 bits per heavy atom. The molecule has 8 rings (SSSR count). The van der Waals surface area contributed by atoms with Crippen LogP contribution in [0, 0.1) is 0 Å². The summed E-state index contributed by atoms with van der Waals surface area (Å²) in [5.74, 6) is 0. The van der Waals surface area contributed by atoms with E-state index in [1.165, 1.54) is 61.0 Å². The molecule has 0 spiro atoms. The SMILES string of the molecule is CC1(C)c2cc3ccccc3cc2-c2cccc(N(c3ccccc3)c3ccc(-c4ccccc4-c4ccccc4)cc3)c21. The molecule has 0 unspecified atom stereocenters. The first-order chi connectivity index (χ1) is 21.6. The summed E-state index contributed by atoms with van der Waals surface area (Å²) in [6.07, 6.45) is 0. The Morgan fingerprint density at radius 3 is 1.61 bits per heavy atom. The van der Waals surface area contributed by atoms with Crippen LogP contribution >= 0.6 is 0 Å². The Labute approximate surface area is 259 Å². The maximum atomic E-state index is 2.43. The zero-order valence-electron chi connectivity index (χ0n) is 25.0. The molecular formula is C43H33N. The van der Waals surface area contributed by atoms with E-state index in [-0.39, 0.29) is 5.41 Å². The Bertz CT molecular complexity index is 2120. The Hall–Kier alpha value is -5.40. The fourth-order valence-electron chi connectivity index (χ4n) is 7.12. The lowest BCUT2D eigenvalue weighted by Gasteiger charge is -2.32. The van der Waals surface area contributed by atoms with E-state index < -0.39 is 0 Å². The van der Waals surface area contributed by atoms with Crippen molar-refractivity contribution >= 4 is 27.8 Å². The summed E-state index contributed by atoms with van der Waals surface area (Å²) in [6, 6.07) is 59.5. The van der Waals surface area contributed by atoms with Crippen LogP contribution in [-0.2, 0) is 5.41 Å². The van der Waals surface area contributed by atoms with Crippen molar-refractivity contribution in [2.45, 2.75) is 19.3 Å². The standard InChI is InChI=1S/C43H33N/c1-43(2)40-29-33-17-10-9-16-32(33)28-39(40)38-22-13-23-41(42(38)43)44(34-18-7-4-8-19-34)35-26-24-31(25-27-35)37-21-12-11-20-36(37)30-14-5-3-6-15-30/h3-29H,1-2H3. The predicted octanol–water partition coefficient (Wildman–Crippen LogP) is 11.9. The normalized spacial score (nSPS) is 13.0. The van der Waals surface area contributed by atoms with Crippen LogP contribution in [0.3, 0.4) is 0 Å². The van der Waals surface area contributed by atoms with Gasteiger partial charge in [-0.1, -0.05) is 135 Å². The molecule has 7 aromatic rings. The second kappa shape index (κ2) is 10.4. The van der Waals surface area contributed by atoms with Gasteiger partial charge < -0.3 is 4.90 Å². The van der Waals surface area contributed by atoms with Crippen LogP contribution in [0.5, 0.6) is 0 Å². The van der Waals surface area contributed by atoms with Gasteiger partial charge in [-0.05, 0) is 97.7 Å². The zero-order chi connectivity index (χ0) is 29.7. The van der Waals surface area contributed by atoms with E-state index in [0.717, 1.165) is 11.4 Å². The molecule has 0 heterocycles. The van der Waals surface area contributed by atoms with Crippen LogP contribution in [0.25, 0.3) is 44.2 Å². The summed E-state index contributed by atoms with van der Waals surface area (Å²) in [7, 11) is 0. The lowest BCUT2D eigenvalue weighted by molar-refractivity contribution is 0.661. The molecule has 0 saturated carbocycles. The zero-order valence-corrected chi connectivity index (χ0v) is 25.0. The number of rotatable bonds is 5. The van der Waals surface area contributed by atoms with E-state index in [1.54, 1.807) is 0 Å². The summed E-state index contributed by atoms with van der Waals surface area (Å²) < 4.78 is 0. The van der Waals surface area contributed by atoms with Gasteiger partial charge in [-0.15, -0.1) is 0 Å². The molecule has 0 aromatic heterocycles. The van der Waals surface area contributed by atoms with Gasteiger partial charge in [0.2, 0.25) is 0 Å². The minimum Gasteiger partial charge on any atom is -0.310 e. The highest BCUT2D eigenvalue weighted by atomic mass is 15.1. The average Bonchev–Trinajstić information content (AvgIpc) is 3.31. The van der Waals surface area contributed by atoms with Gasteiger partial charge in [-0.3, -0.25) is 0 Å². The first kappa shape index (κ1) is 26.2. The molecule has 0 saturated heterocycles. The van der Waals surface area contributed by atoms with Gasteiger partial charge in [0.05, 0.1) is 5.69 Å². The molecule has 7 aromatic carbocycles. The van der Waals surface area contributed by atoms with Crippen LogP contribution in [-0.4, -0.2) is 0 Å². The van der Waals surface area contributed by atoms with Crippen molar-refractivity contribution in [1.29, 1.82) is 0 Å². The largest absolute Gasteiger partial charge is 0.310 e. The highest BCUT2D eigenvalue weighted by molar-refractivity contribution is 5.97. The van der Waals surface area contributed by atoms with Gasteiger partial charge in [-0.25, -0.2) is 0 Å². The summed E-state index contributed by atoms with van der Waals surface area (Å²) in [5, 5.41) is 2.58. The van der Waals surface area contributed by atoms with Gasteiger partial charge >= 0.3 is 0 Å². The molecule has 1 nitrogen and oxygen atoms in total. The van der Waals surface area contributed by atoms with Crippen molar-refractivity contribution < 1.29 is 0 Å². The predicted molar refractivity (Wildman–Crippen MR) is 187 cm³/mol. The van der Waals surface area contributed by atoms with Crippen molar-refractivity contribution in [2.24, 2.45) is 0 Å². The second-order valence-electron chi connectivity index (χ2n) is 12.2. The molecule has 1 aliphatic carbocycles. The molecule has 0 radical (unpaired) electrons. The van der Waals surface area contributed by atoms with E-state index in [0.29, 0.717) is 0 Å². The van der Waals surface area contributed by atoms with Crippen molar-refractivity contribution in [3.63, 3.8) is 0 Å². The molecule has 0 aliphatic heterocycles. The Morgan fingerprint density at radius 1 is 0.409 bits per heavy atom. The molecule has 44 heavy (non-hydrogen) atoms. The van der Waals surface area contributed by atoms with E-state index in [2.05, 4.69) is 183 Å². The van der Waals surface area contributed by atoms with Gasteiger partial charge in [0.15, 0.2) is 0 Å². The number of benzene rings is 7. The smallest absolute Gasteiger partial charge is 0.0508 e. The summed E-state index contributed by atoms with van der Waals surface area (Å²) in [6.45, 7) is 4.76. The van der Waals surface area contributed by atoms with Gasteiger partial charge in [0.1, 0.15) is 0 Å². The molecule has 0 N–H and O–H groups in total. The van der Waals surface area contributed by atoms with Gasteiger partial charge in [0, 0.05) is 16.8 Å². The summed E-state index contributed by atoms with van der Waals surface area (Å²) >= 11 is 0. The molecular weight excluding hydrogens is 530 g/mol. The van der Waals surface area contributed by atoms with E-state index in [4.69, 9.17) is 0 Å². The van der Waals surface area contributed by atoms with Crippen molar-refractivity contribution in [1.82, 2.24) is 0 Å². The number of anilines is 3. The van der Waals surface area contributed by atoms with Crippen LogP contribution in [0.1, 0.15) is 25.0 Å². The van der Waals surface area contributed by atoms with Crippen molar-refractivity contribution in [3.8, 4) is 33.4 Å². The lowest BCUT2D eigenvalue weighted by atomic mass is 9.80. The molecule has 0 atom stereocenters. The maximum absolute atomic E-state index is 2.43. The third kappa shape index (κ3) is 4.24. The van der Waals surface area contributed by atoms with E-state index in [9.17, 15) is 0 Å². The maximum Gasteiger partial charge on any atom is 0.0508 e. The van der Waals surface area contributed by atoms with Crippen LogP contribution in [0.4, 0.5) is 17.1 Å². The third-order valence-electron chi connectivity index (χ3n) is 9.22. The minimum atomic E-state index is -0.160. The van der Waals surface area contributed by atoms with Crippen LogP contribution in [0.15, 0.2) is 164 Å². The van der Waals surface area contributed by atoms with Gasteiger partial charge in [0.25, 0.3) is 0 Å². The quantitative estimate of drug-likeness (QED) is 0.201. The Kier molecular flexibility index (Phi) is 6.20. The third-order valence-corrected chi connectivity index (χ3v) is 9.22. The Balaban J connectivity index is 1.28. The summed E-state index contributed by atoms with van der Waals surface area (Å²) in [4.78, 5) is 2.43. The number of hydrogen-bond acceptors (Lipinski definition) is 1. The first-order valence-corrected chi connectivity index (χ1v) is 15.4. The topological polar surface area (TPSA) is 3.24 Å². The van der Waals surface area contributed by atoms with Crippen LogP contribution < -0.4 is 4.90 Å². The van der Waals surface area contributed by atoms with Crippen molar-refractivity contribution in [2.75, 3.05) is 4.90 Å². The highest BCUT2D eigenvalue weighted by Crippen LogP contribution is 2.55. The number of para-hydroxylation sites is 1.